The summed E-state index contributed by atoms with van der Waals surface area (Å²) in [6.07, 6.45) is 1.18. The predicted octanol–water partition coefficient (Wildman–Crippen LogP) is 2.21. The average molecular weight is 128 g/mol. The van der Waals surface area contributed by atoms with E-state index < -0.39 is 0 Å². The molecule has 54 valence electrons. The second kappa shape index (κ2) is 1.72. The number of epoxide rings is 1. The van der Waals surface area contributed by atoms with E-state index in [0.29, 0.717) is 5.41 Å². The van der Waals surface area contributed by atoms with Gasteiger partial charge in [0.25, 0.3) is 0 Å². The summed E-state index contributed by atoms with van der Waals surface area (Å²) in [6, 6.07) is 0. The zero-order valence-corrected chi connectivity index (χ0v) is 6.82. The van der Waals surface area contributed by atoms with Gasteiger partial charge in [-0.1, -0.05) is 20.8 Å². The summed E-state index contributed by atoms with van der Waals surface area (Å²) < 4.78 is 5.27. The Morgan fingerprint density at radius 1 is 1.44 bits per heavy atom. The molecule has 0 unspecified atom stereocenters. The molecule has 0 aromatic rings. The molecule has 1 nitrogen and oxygen atoms in total. The van der Waals surface area contributed by atoms with Crippen LogP contribution in [0.5, 0.6) is 0 Å². The monoisotopic (exact) mass is 128 g/mol. The van der Waals surface area contributed by atoms with Crippen molar-refractivity contribution in [3.63, 3.8) is 0 Å². The third-order valence-corrected chi connectivity index (χ3v) is 1.54. The molecule has 1 fully saturated rings. The predicted molar refractivity (Wildman–Crippen MR) is 38.4 cm³/mol. The molecule has 1 heterocycles. The standard InChI is InChI=1S/C8H16O/c1-7(2,3)5-8(4)6-9-8/h5-6H2,1-4H3/t8-/m1/s1. The van der Waals surface area contributed by atoms with Crippen LogP contribution in [0.15, 0.2) is 0 Å². The van der Waals surface area contributed by atoms with Gasteiger partial charge in [0.15, 0.2) is 0 Å². The second-order valence-electron chi connectivity index (χ2n) is 4.48. The van der Waals surface area contributed by atoms with Gasteiger partial charge >= 0.3 is 0 Å². The van der Waals surface area contributed by atoms with Crippen molar-refractivity contribution >= 4 is 0 Å². The van der Waals surface area contributed by atoms with Gasteiger partial charge in [0.05, 0.1) is 12.2 Å². The third kappa shape index (κ3) is 2.35. The molecule has 1 rings (SSSR count). The molecule has 1 saturated heterocycles. The Morgan fingerprint density at radius 2 is 1.89 bits per heavy atom. The molecule has 0 aromatic carbocycles. The first-order valence-electron chi connectivity index (χ1n) is 3.55. The lowest BCUT2D eigenvalue weighted by atomic mass is 9.86. The van der Waals surface area contributed by atoms with E-state index in [4.69, 9.17) is 4.74 Å². The minimum absolute atomic E-state index is 0.234. The zero-order chi connectivity index (χ0) is 7.12. The van der Waals surface area contributed by atoms with Crippen molar-refractivity contribution in [3.8, 4) is 0 Å². The normalized spacial score (nSPS) is 34.7. The maximum atomic E-state index is 5.27. The average Bonchev–Trinajstić information content (AvgIpc) is 2.12. The summed E-state index contributed by atoms with van der Waals surface area (Å²) in [7, 11) is 0. The van der Waals surface area contributed by atoms with Crippen LogP contribution in [0.25, 0.3) is 0 Å². The molecular formula is C8H16O. The van der Waals surface area contributed by atoms with Crippen LogP contribution in [-0.4, -0.2) is 12.2 Å². The van der Waals surface area contributed by atoms with Crippen molar-refractivity contribution in [2.45, 2.75) is 39.7 Å². The van der Waals surface area contributed by atoms with Crippen molar-refractivity contribution in [1.82, 2.24) is 0 Å². The molecule has 1 aliphatic rings. The number of rotatable bonds is 1. The second-order valence-corrected chi connectivity index (χ2v) is 4.48. The highest BCUT2D eigenvalue weighted by Gasteiger charge is 2.42. The molecule has 0 bridgehead atoms. The molecule has 0 radical (unpaired) electrons. The minimum atomic E-state index is 0.234. The van der Waals surface area contributed by atoms with Gasteiger partial charge in [0.2, 0.25) is 0 Å². The summed E-state index contributed by atoms with van der Waals surface area (Å²) in [5.74, 6) is 0. The van der Waals surface area contributed by atoms with E-state index in [2.05, 4.69) is 27.7 Å². The van der Waals surface area contributed by atoms with Gasteiger partial charge in [-0.3, -0.25) is 0 Å². The van der Waals surface area contributed by atoms with E-state index in [-0.39, 0.29) is 5.60 Å². The molecule has 0 amide bonds. The van der Waals surface area contributed by atoms with Crippen LogP contribution in [0.4, 0.5) is 0 Å². The first kappa shape index (κ1) is 7.07. The van der Waals surface area contributed by atoms with Crippen LogP contribution < -0.4 is 0 Å². The molecule has 1 atom stereocenters. The van der Waals surface area contributed by atoms with Crippen molar-refractivity contribution < 1.29 is 4.74 Å². The van der Waals surface area contributed by atoms with Crippen LogP contribution in [0, 0.1) is 5.41 Å². The number of ether oxygens (including phenoxy) is 1. The lowest BCUT2D eigenvalue weighted by molar-refractivity contribution is 0.230. The molecule has 0 aliphatic carbocycles. The first-order valence-corrected chi connectivity index (χ1v) is 3.55. The Balaban J connectivity index is 2.33. The summed E-state index contributed by atoms with van der Waals surface area (Å²) >= 11 is 0. The highest BCUT2D eigenvalue weighted by Crippen LogP contribution is 2.38. The Kier molecular flexibility index (Phi) is 1.35. The van der Waals surface area contributed by atoms with Crippen molar-refractivity contribution in [2.75, 3.05) is 6.61 Å². The quantitative estimate of drug-likeness (QED) is 0.493. The van der Waals surface area contributed by atoms with Crippen LogP contribution >= 0.6 is 0 Å². The van der Waals surface area contributed by atoms with E-state index >= 15 is 0 Å². The fourth-order valence-corrected chi connectivity index (χ4v) is 1.35. The SMILES string of the molecule is CC(C)(C)C[C@]1(C)CO1. The third-order valence-electron chi connectivity index (χ3n) is 1.54. The minimum Gasteiger partial charge on any atom is -0.370 e. The lowest BCUT2D eigenvalue weighted by Crippen LogP contribution is -2.16. The van der Waals surface area contributed by atoms with E-state index in [1.165, 1.54) is 6.42 Å². The highest BCUT2D eigenvalue weighted by molar-refractivity contribution is 4.90. The van der Waals surface area contributed by atoms with Crippen LogP contribution in [0.3, 0.4) is 0 Å². The summed E-state index contributed by atoms with van der Waals surface area (Å²) in [4.78, 5) is 0. The van der Waals surface area contributed by atoms with Crippen molar-refractivity contribution in [2.24, 2.45) is 5.41 Å². The smallest absolute Gasteiger partial charge is 0.0893 e. The van der Waals surface area contributed by atoms with Crippen molar-refractivity contribution in [3.05, 3.63) is 0 Å². The van der Waals surface area contributed by atoms with Crippen LogP contribution in [0.2, 0.25) is 0 Å². The fraction of sp³-hybridized carbons (Fsp3) is 1.00. The fourth-order valence-electron chi connectivity index (χ4n) is 1.35. The van der Waals surface area contributed by atoms with Crippen LogP contribution in [-0.2, 0) is 4.74 Å². The summed E-state index contributed by atoms with van der Waals surface area (Å²) in [5, 5.41) is 0. The van der Waals surface area contributed by atoms with Gasteiger partial charge in [0.1, 0.15) is 0 Å². The van der Waals surface area contributed by atoms with E-state index in [1.54, 1.807) is 0 Å². The Labute approximate surface area is 57.4 Å². The summed E-state index contributed by atoms with van der Waals surface area (Å²) in [5.41, 5.74) is 0.656. The first-order chi connectivity index (χ1) is 3.91. The van der Waals surface area contributed by atoms with E-state index in [9.17, 15) is 0 Å². The van der Waals surface area contributed by atoms with E-state index in [0.717, 1.165) is 6.61 Å². The molecular weight excluding hydrogens is 112 g/mol. The Bertz CT molecular complexity index is 103. The van der Waals surface area contributed by atoms with Crippen molar-refractivity contribution in [1.29, 1.82) is 0 Å². The largest absolute Gasteiger partial charge is 0.370 e. The molecule has 1 heteroatoms. The zero-order valence-electron chi connectivity index (χ0n) is 6.82. The molecule has 0 N–H and O–H groups in total. The highest BCUT2D eigenvalue weighted by atomic mass is 16.6. The number of hydrogen-bond donors (Lipinski definition) is 0. The topological polar surface area (TPSA) is 12.5 Å². The molecule has 1 aliphatic heterocycles. The maximum absolute atomic E-state index is 5.27. The van der Waals surface area contributed by atoms with Gasteiger partial charge in [0, 0.05) is 0 Å². The Hall–Kier alpha value is -0.0400. The van der Waals surface area contributed by atoms with Gasteiger partial charge in [-0.15, -0.1) is 0 Å². The van der Waals surface area contributed by atoms with Gasteiger partial charge < -0.3 is 4.74 Å². The van der Waals surface area contributed by atoms with Crippen LogP contribution in [0.1, 0.15) is 34.1 Å². The molecule has 0 spiro atoms. The van der Waals surface area contributed by atoms with Gasteiger partial charge in [-0.05, 0) is 18.8 Å². The summed E-state index contributed by atoms with van der Waals surface area (Å²) in [6.45, 7) is 9.89. The molecule has 9 heavy (non-hydrogen) atoms. The van der Waals surface area contributed by atoms with Gasteiger partial charge in [-0.25, -0.2) is 0 Å². The molecule has 0 aromatic heterocycles. The van der Waals surface area contributed by atoms with E-state index in [1.807, 2.05) is 0 Å². The lowest BCUT2D eigenvalue weighted by Gasteiger charge is -2.20. The molecule has 0 saturated carbocycles. The Morgan fingerprint density at radius 3 is 2.00 bits per heavy atom. The maximum Gasteiger partial charge on any atom is 0.0893 e. The van der Waals surface area contributed by atoms with Gasteiger partial charge in [-0.2, -0.15) is 0 Å². The number of hydrogen-bond acceptors (Lipinski definition) is 1.